The number of ether oxygens (including phenoxy) is 2. The third kappa shape index (κ3) is 20.4. The standard InChI is InChI=1S/C38H68O4/c1-6-7-8-9-10-11-12-13-14-15-16-17-18-19-22-25-28-41-29-30-42-36(39)27-24-21-20-23-26-34-31-33(2)37(40)35(32-34)38(3,4)5/h31-32,40H,6-30H2,1-5H3. The van der Waals surface area contributed by atoms with Gasteiger partial charge >= 0.3 is 5.97 Å². The van der Waals surface area contributed by atoms with E-state index < -0.39 is 0 Å². The van der Waals surface area contributed by atoms with Crippen LogP contribution in [0.5, 0.6) is 5.75 Å². The lowest BCUT2D eigenvalue weighted by Crippen LogP contribution is -2.12. The van der Waals surface area contributed by atoms with Gasteiger partial charge in [-0.1, -0.05) is 149 Å². The Kier molecular flexibility index (Phi) is 22.8. The SMILES string of the molecule is CCCCCCCCCCCCCCCCCCOCCOC(=O)CCCCCCc1cc(C)c(O)c(C(C)(C)C)c1. The summed E-state index contributed by atoms with van der Waals surface area (Å²) in [6.45, 7) is 12.3. The molecular formula is C38H68O4. The van der Waals surface area contributed by atoms with Gasteiger partial charge in [-0.15, -0.1) is 0 Å². The number of phenols is 1. The van der Waals surface area contributed by atoms with Gasteiger partial charge in [-0.2, -0.15) is 0 Å². The Morgan fingerprint density at radius 3 is 1.71 bits per heavy atom. The van der Waals surface area contributed by atoms with Crippen LogP contribution in [0.2, 0.25) is 0 Å². The van der Waals surface area contributed by atoms with Gasteiger partial charge in [0, 0.05) is 13.0 Å². The second kappa shape index (κ2) is 24.8. The van der Waals surface area contributed by atoms with Crippen LogP contribution < -0.4 is 0 Å². The molecule has 0 unspecified atom stereocenters. The lowest BCUT2D eigenvalue weighted by atomic mass is 9.83. The highest BCUT2D eigenvalue weighted by Gasteiger charge is 2.20. The van der Waals surface area contributed by atoms with Crippen LogP contribution >= 0.6 is 0 Å². The van der Waals surface area contributed by atoms with Crippen molar-refractivity contribution >= 4 is 5.97 Å². The number of benzene rings is 1. The van der Waals surface area contributed by atoms with Gasteiger partial charge in [-0.05, 0) is 54.7 Å². The number of phenolic OH excluding ortho intramolecular Hbond substituents is 1. The monoisotopic (exact) mass is 589 g/mol. The van der Waals surface area contributed by atoms with Crippen molar-refractivity contribution in [2.24, 2.45) is 0 Å². The van der Waals surface area contributed by atoms with E-state index in [9.17, 15) is 9.90 Å². The van der Waals surface area contributed by atoms with E-state index in [1.807, 2.05) is 6.92 Å². The van der Waals surface area contributed by atoms with E-state index in [0.717, 1.165) is 56.3 Å². The molecule has 0 radical (unpaired) electrons. The lowest BCUT2D eigenvalue weighted by molar-refractivity contribution is -0.145. The zero-order valence-corrected chi connectivity index (χ0v) is 28.5. The van der Waals surface area contributed by atoms with Crippen LogP contribution in [-0.4, -0.2) is 30.9 Å². The van der Waals surface area contributed by atoms with Crippen molar-refractivity contribution in [3.63, 3.8) is 0 Å². The number of esters is 1. The van der Waals surface area contributed by atoms with Crippen LogP contribution in [0.4, 0.5) is 0 Å². The summed E-state index contributed by atoms with van der Waals surface area (Å²) in [5, 5.41) is 10.4. The number of carbonyl (C=O) groups is 1. The Bertz CT molecular complexity index is 795. The second-order valence-electron chi connectivity index (χ2n) is 13.6. The molecule has 0 bridgehead atoms. The fourth-order valence-electron chi connectivity index (χ4n) is 5.66. The van der Waals surface area contributed by atoms with Crippen LogP contribution in [-0.2, 0) is 26.1 Å². The molecule has 0 heterocycles. The van der Waals surface area contributed by atoms with Crippen LogP contribution in [0.15, 0.2) is 12.1 Å². The van der Waals surface area contributed by atoms with E-state index >= 15 is 0 Å². The maximum atomic E-state index is 12.0. The summed E-state index contributed by atoms with van der Waals surface area (Å²) < 4.78 is 11.0. The number of rotatable bonds is 27. The van der Waals surface area contributed by atoms with Gasteiger partial charge in [-0.25, -0.2) is 0 Å². The molecule has 0 atom stereocenters. The zero-order valence-electron chi connectivity index (χ0n) is 28.5. The molecule has 1 N–H and O–H groups in total. The van der Waals surface area contributed by atoms with Gasteiger partial charge in [0.1, 0.15) is 12.4 Å². The lowest BCUT2D eigenvalue weighted by Gasteiger charge is -2.22. The molecule has 0 aromatic heterocycles. The predicted octanol–water partition coefficient (Wildman–Crippen LogP) is 11.3. The summed E-state index contributed by atoms with van der Waals surface area (Å²) >= 11 is 0. The van der Waals surface area contributed by atoms with E-state index in [1.165, 1.54) is 102 Å². The molecule has 0 amide bonds. The molecule has 1 rings (SSSR count). The highest BCUT2D eigenvalue weighted by Crippen LogP contribution is 2.34. The Balaban J connectivity index is 1.85. The topological polar surface area (TPSA) is 55.8 Å². The zero-order chi connectivity index (χ0) is 30.9. The first-order valence-corrected chi connectivity index (χ1v) is 17.8. The fraction of sp³-hybridized carbons (Fsp3) is 0.816. The first-order valence-electron chi connectivity index (χ1n) is 17.8. The van der Waals surface area contributed by atoms with E-state index in [0.29, 0.717) is 25.4 Å². The van der Waals surface area contributed by atoms with E-state index in [1.54, 1.807) is 0 Å². The van der Waals surface area contributed by atoms with Crippen molar-refractivity contribution in [2.75, 3.05) is 19.8 Å². The average Bonchev–Trinajstić information content (AvgIpc) is 2.94. The molecule has 0 saturated carbocycles. The normalized spacial score (nSPS) is 11.7. The molecule has 0 spiro atoms. The molecule has 4 nitrogen and oxygen atoms in total. The number of hydrogen-bond donors (Lipinski definition) is 1. The average molecular weight is 589 g/mol. The summed E-state index contributed by atoms with van der Waals surface area (Å²) in [7, 11) is 0. The number of hydrogen-bond acceptors (Lipinski definition) is 4. The van der Waals surface area contributed by atoms with Crippen LogP contribution in [0.1, 0.15) is 179 Å². The molecular weight excluding hydrogens is 520 g/mol. The second-order valence-corrected chi connectivity index (χ2v) is 13.6. The van der Waals surface area contributed by atoms with Gasteiger partial charge in [-0.3, -0.25) is 4.79 Å². The third-order valence-corrected chi connectivity index (χ3v) is 8.40. The van der Waals surface area contributed by atoms with Gasteiger partial charge in [0.2, 0.25) is 0 Å². The quantitative estimate of drug-likeness (QED) is 0.0820. The number of unbranched alkanes of at least 4 members (excludes halogenated alkanes) is 18. The van der Waals surface area contributed by atoms with Gasteiger partial charge < -0.3 is 14.6 Å². The minimum absolute atomic E-state index is 0.0677. The maximum Gasteiger partial charge on any atom is 0.305 e. The van der Waals surface area contributed by atoms with Crippen molar-refractivity contribution in [1.82, 2.24) is 0 Å². The smallest absolute Gasteiger partial charge is 0.305 e. The minimum atomic E-state index is -0.106. The Morgan fingerprint density at radius 1 is 0.667 bits per heavy atom. The molecule has 4 heteroatoms. The number of carbonyl (C=O) groups excluding carboxylic acids is 1. The highest BCUT2D eigenvalue weighted by atomic mass is 16.6. The van der Waals surface area contributed by atoms with Crippen molar-refractivity contribution in [1.29, 1.82) is 0 Å². The van der Waals surface area contributed by atoms with E-state index in [4.69, 9.17) is 9.47 Å². The van der Waals surface area contributed by atoms with Gasteiger partial charge in [0.05, 0.1) is 6.61 Å². The number of aryl methyl sites for hydroxylation is 2. The molecule has 0 fully saturated rings. The van der Waals surface area contributed by atoms with Crippen molar-refractivity contribution in [2.45, 2.75) is 181 Å². The fourth-order valence-corrected chi connectivity index (χ4v) is 5.66. The summed E-state index contributed by atoms with van der Waals surface area (Å²) in [6, 6.07) is 4.26. The summed E-state index contributed by atoms with van der Waals surface area (Å²) in [6.07, 6.45) is 27.6. The molecule has 0 aliphatic rings. The van der Waals surface area contributed by atoms with E-state index in [2.05, 4.69) is 39.8 Å². The molecule has 1 aromatic rings. The first kappa shape index (κ1) is 38.5. The summed E-state index contributed by atoms with van der Waals surface area (Å²) in [5.74, 6) is 0.320. The first-order chi connectivity index (χ1) is 20.3. The molecule has 42 heavy (non-hydrogen) atoms. The van der Waals surface area contributed by atoms with Crippen LogP contribution in [0.25, 0.3) is 0 Å². The predicted molar refractivity (Wildman–Crippen MR) is 180 cm³/mol. The summed E-state index contributed by atoms with van der Waals surface area (Å²) in [5.41, 5.74) is 3.19. The Morgan fingerprint density at radius 2 is 1.17 bits per heavy atom. The van der Waals surface area contributed by atoms with Crippen LogP contribution in [0, 0.1) is 6.92 Å². The summed E-state index contributed by atoms with van der Waals surface area (Å²) in [4.78, 5) is 12.0. The molecule has 244 valence electrons. The van der Waals surface area contributed by atoms with Gasteiger partial charge in [0.25, 0.3) is 0 Å². The largest absolute Gasteiger partial charge is 0.507 e. The van der Waals surface area contributed by atoms with Crippen LogP contribution in [0.3, 0.4) is 0 Å². The molecule has 1 aromatic carbocycles. The number of aromatic hydroxyl groups is 1. The van der Waals surface area contributed by atoms with Crippen molar-refractivity contribution in [3.8, 4) is 5.75 Å². The Labute approximate surface area is 260 Å². The maximum absolute atomic E-state index is 12.0. The molecule has 0 saturated heterocycles. The molecule has 0 aliphatic heterocycles. The van der Waals surface area contributed by atoms with Crippen molar-refractivity contribution < 1.29 is 19.4 Å². The van der Waals surface area contributed by atoms with E-state index in [-0.39, 0.29) is 11.4 Å². The minimum Gasteiger partial charge on any atom is -0.507 e. The third-order valence-electron chi connectivity index (χ3n) is 8.40. The van der Waals surface area contributed by atoms with Gasteiger partial charge in [0.15, 0.2) is 0 Å². The highest BCUT2D eigenvalue weighted by molar-refractivity contribution is 5.69. The Hall–Kier alpha value is -1.55. The van der Waals surface area contributed by atoms with Crippen molar-refractivity contribution in [3.05, 3.63) is 28.8 Å². The molecule has 0 aliphatic carbocycles.